The molecular formula is C13H21N3O. The Morgan fingerprint density at radius 1 is 1.29 bits per heavy atom. The van der Waals surface area contributed by atoms with Gasteiger partial charge in [0.1, 0.15) is 0 Å². The molecule has 0 saturated carbocycles. The number of nitrogens with two attached hydrogens (primary N) is 1. The van der Waals surface area contributed by atoms with Crippen molar-refractivity contribution in [2.45, 2.75) is 26.8 Å². The van der Waals surface area contributed by atoms with Gasteiger partial charge in [-0.05, 0) is 36.6 Å². The van der Waals surface area contributed by atoms with Crippen LogP contribution in [0.25, 0.3) is 0 Å². The Balaban J connectivity index is 2.32. The quantitative estimate of drug-likeness (QED) is 0.662. The van der Waals surface area contributed by atoms with E-state index in [1.165, 1.54) is 12.0 Å². The average Bonchev–Trinajstić information content (AvgIpc) is 2.25. The molecule has 1 aromatic rings. The van der Waals surface area contributed by atoms with Gasteiger partial charge >= 0.3 is 6.03 Å². The van der Waals surface area contributed by atoms with Crippen molar-refractivity contribution in [2.75, 3.05) is 11.9 Å². The average molecular weight is 235 g/mol. The number of amides is 2. The summed E-state index contributed by atoms with van der Waals surface area (Å²) < 4.78 is 0. The number of urea groups is 1. The molecule has 0 atom stereocenters. The number of anilines is 1. The minimum atomic E-state index is -0.534. The Labute approximate surface area is 103 Å². The van der Waals surface area contributed by atoms with Crippen LogP contribution in [0.15, 0.2) is 24.3 Å². The zero-order valence-electron chi connectivity index (χ0n) is 10.5. The maximum Gasteiger partial charge on any atom is 0.316 e. The van der Waals surface area contributed by atoms with Gasteiger partial charge in [-0.25, -0.2) is 4.79 Å². The SMILES string of the molecule is CC(C)CCNCc1ccc(NC(N)=O)cc1. The van der Waals surface area contributed by atoms with E-state index in [4.69, 9.17) is 5.73 Å². The zero-order chi connectivity index (χ0) is 12.7. The molecule has 1 aromatic carbocycles. The molecule has 0 saturated heterocycles. The summed E-state index contributed by atoms with van der Waals surface area (Å²) in [5.41, 5.74) is 6.95. The summed E-state index contributed by atoms with van der Waals surface area (Å²) in [5.74, 6) is 0.727. The van der Waals surface area contributed by atoms with Crippen LogP contribution in [0.5, 0.6) is 0 Å². The maximum absolute atomic E-state index is 10.6. The van der Waals surface area contributed by atoms with E-state index in [-0.39, 0.29) is 0 Å². The number of nitrogens with one attached hydrogen (secondary N) is 2. The van der Waals surface area contributed by atoms with Gasteiger partial charge in [-0.15, -0.1) is 0 Å². The lowest BCUT2D eigenvalue weighted by Crippen LogP contribution is -2.19. The van der Waals surface area contributed by atoms with Crippen LogP contribution in [0, 0.1) is 5.92 Å². The van der Waals surface area contributed by atoms with Crippen molar-refractivity contribution in [3.63, 3.8) is 0 Å². The molecule has 0 aliphatic rings. The van der Waals surface area contributed by atoms with Crippen LogP contribution in [0.1, 0.15) is 25.8 Å². The Hall–Kier alpha value is -1.55. The zero-order valence-corrected chi connectivity index (χ0v) is 10.5. The maximum atomic E-state index is 10.6. The van der Waals surface area contributed by atoms with Gasteiger partial charge in [0.25, 0.3) is 0 Å². The summed E-state index contributed by atoms with van der Waals surface area (Å²) in [6.45, 7) is 6.31. The topological polar surface area (TPSA) is 67.2 Å². The smallest absolute Gasteiger partial charge is 0.316 e. The molecule has 0 aliphatic heterocycles. The second kappa shape index (κ2) is 6.91. The fourth-order valence-corrected chi connectivity index (χ4v) is 1.47. The monoisotopic (exact) mass is 235 g/mol. The van der Waals surface area contributed by atoms with Gasteiger partial charge in [0.05, 0.1) is 0 Å². The molecule has 17 heavy (non-hydrogen) atoms. The van der Waals surface area contributed by atoms with Gasteiger partial charge < -0.3 is 16.4 Å². The van der Waals surface area contributed by atoms with Crippen molar-refractivity contribution in [3.05, 3.63) is 29.8 Å². The van der Waals surface area contributed by atoms with Gasteiger partial charge in [0.15, 0.2) is 0 Å². The van der Waals surface area contributed by atoms with E-state index in [0.717, 1.165) is 24.7 Å². The van der Waals surface area contributed by atoms with E-state index >= 15 is 0 Å². The third-order valence-electron chi connectivity index (χ3n) is 2.45. The molecule has 4 N–H and O–H groups in total. The Bertz CT molecular complexity index is 346. The van der Waals surface area contributed by atoms with Crippen molar-refractivity contribution in [1.82, 2.24) is 5.32 Å². The Morgan fingerprint density at radius 3 is 2.47 bits per heavy atom. The Morgan fingerprint density at radius 2 is 1.94 bits per heavy atom. The molecule has 0 heterocycles. The van der Waals surface area contributed by atoms with Crippen molar-refractivity contribution in [3.8, 4) is 0 Å². The third-order valence-corrected chi connectivity index (χ3v) is 2.45. The van der Waals surface area contributed by atoms with E-state index < -0.39 is 6.03 Å². The standard InChI is InChI=1S/C13H21N3O/c1-10(2)7-8-15-9-11-3-5-12(6-4-11)16-13(14)17/h3-6,10,15H,7-9H2,1-2H3,(H3,14,16,17). The molecule has 94 valence electrons. The second-order valence-corrected chi connectivity index (χ2v) is 4.55. The van der Waals surface area contributed by atoms with E-state index in [0.29, 0.717) is 0 Å². The van der Waals surface area contributed by atoms with Crippen LogP contribution in [0.2, 0.25) is 0 Å². The summed E-state index contributed by atoms with van der Waals surface area (Å²) in [6, 6.07) is 7.13. The fourth-order valence-electron chi connectivity index (χ4n) is 1.47. The third kappa shape index (κ3) is 5.92. The molecule has 0 unspecified atom stereocenters. The minimum absolute atomic E-state index is 0.534. The van der Waals surface area contributed by atoms with Crippen LogP contribution in [0.4, 0.5) is 10.5 Å². The highest BCUT2D eigenvalue weighted by Crippen LogP contribution is 2.09. The van der Waals surface area contributed by atoms with Crippen LogP contribution < -0.4 is 16.4 Å². The lowest BCUT2D eigenvalue weighted by molar-refractivity contribution is 0.259. The first-order chi connectivity index (χ1) is 8.08. The molecular weight excluding hydrogens is 214 g/mol. The number of carbonyl (C=O) groups is 1. The second-order valence-electron chi connectivity index (χ2n) is 4.55. The van der Waals surface area contributed by atoms with Crippen molar-refractivity contribution >= 4 is 11.7 Å². The fraction of sp³-hybridized carbons (Fsp3) is 0.462. The van der Waals surface area contributed by atoms with Crippen molar-refractivity contribution in [1.29, 1.82) is 0 Å². The summed E-state index contributed by atoms with van der Waals surface area (Å²) in [5, 5.41) is 5.91. The summed E-state index contributed by atoms with van der Waals surface area (Å²) in [4.78, 5) is 10.6. The first-order valence-corrected chi connectivity index (χ1v) is 5.94. The summed E-state index contributed by atoms with van der Waals surface area (Å²) >= 11 is 0. The number of hydrogen-bond donors (Lipinski definition) is 3. The summed E-state index contributed by atoms with van der Waals surface area (Å²) in [7, 11) is 0. The van der Waals surface area contributed by atoms with Crippen molar-refractivity contribution < 1.29 is 4.79 Å². The number of rotatable bonds is 6. The molecule has 4 heteroatoms. The van der Waals surface area contributed by atoms with Crippen LogP contribution in [0.3, 0.4) is 0 Å². The Kier molecular flexibility index (Phi) is 5.49. The molecule has 0 fully saturated rings. The molecule has 0 radical (unpaired) electrons. The highest BCUT2D eigenvalue weighted by Gasteiger charge is 1.97. The largest absolute Gasteiger partial charge is 0.351 e. The predicted molar refractivity (Wildman–Crippen MR) is 70.8 cm³/mol. The molecule has 2 amide bonds. The number of carbonyl (C=O) groups excluding carboxylic acids is 1. The summed E-state index contributed by atoms with van der Waals surface area (Å²) in [6.07, 6.45) is 1.18. The van der Waals surface area contributed by atoms with Gasteiger partial charge in [-0.1, -0.05) is 26.0 Å². The van der Waals surface area contributed by atoms with Crippen LogP contribution >= 0.6 is 0 Å². The minimum Gasteiger partial charge on any atom is -0.351 e. The van der Waals surface area contributed by atoms with E-state index in [1.807, 2.05) is 24.3 Å². The van der Waals surface area contributed by atoms with Crippen molar-refractivity contribution in [2.24, 2.45) is 11.7 Å². The first kappa shape index (κ1) is 13.5. The normalized spacial score (nSPS) is 10.5. The van der Waals surface area contributed by atoms with Gasteiger partial charge in [0.2, 0.25) is 0 Å². The lowest BCUT2D eigenvalue weighted by Gasteiger charge is -2.08. The molecule has 0 aliphatic carbocycles. The number of primary amides is 1. The van der Waals surface area contributed by atoms with Gasteiger partial charge in [-0.3, -0.25) is 0 Å². The number of hydrogen-bond acceptors (Lipinski definition) is 2. The van der Waals surface area contributed by atoms with E-state index in [2.05, 4.69) is 24.5 Å². The molecule has 0 spiro atoms. The molecule has 1 rings (SSSR count). The predicted octanol–water partition coefficient (Wildman–Crippen LogP) is 2.31. The van der Waals surface area contributed by atoms with E-state index in [9.17, 15) is 4.79 Å². The van der Waals surface area contributed by atoms with Gasteiger partial charge in [-0.2, -0.15) is 0 Å². The molecule has 4 nitrogen and oxygen atoms in total. The first-order valence-electron chi connectivity index (χ1n) is 5.94. The van der Waals surface area contributed by atoms with Crippen LogP contribution in [-0.4, -0.2) is 12.6 Å². The van der Waals surface area contributed by atoms with E-state index in [1.54, 1.807) is 0 Å². The highest BCUT2D eigenvalue weighted by atomic mass is 16.2. The molecule has 0 aromatic heterocycles. The highest BCUT2D eigenvalue weighted by molar-refractivity contribution is 5.87. The van der Waals surface area contributed by atoms with Gasteiger partial charge in [0, 0.05) is 12.2 Å². The number of benzene rings is 1. The molecule has 0 bridgehead atoms. The van der Waals surface area contributed by atoms with Crippen LogP contribution in [-0.2, 0) is 6.54 Å². The lowest BCUT2D eigenvalue weighted by atomic mass is 10.1.